The topological polar surface area (TPSA) is 102 Å². The van der Waals surface area contributed by atoms with Crippen LogP contribution in [0.4, 0.5) is 0 Å². The maximum absolute atomic E-state index is 11.0. The lowest BCUT2D eigenvalue weighted by molar-refractivity contribution is 0.0205. The largest absolute Gasteiger partial charge is 0.454 e. The Morgan fingerprint density at radius 2 is 2.04 bits per heavy atom. The second-order valence-electron chi connectivity index (χ2n) is 6.30. The molecule has 4 N–H and O–H groups in total. The zero-order valence-corrected chi connectivity index (χ0v) is 17.3. The number of nitrogens with two attached hydrogens (primary N) is 1. The molecular weight excluding hydrogens is 423 g/mol. The van der Waals surface area contributed by atoms with Crippen LogP contribution in [0.1, 0.15) is 44.0 Å². The van der Waals surface area contributed by atoms with Crippen molar-refractivity contribution in [3.8, 4) is 0 Å². The van der Waals surface area contributed by atoms with Gasteiger partial charge < -0.3 is 25.5 Å². The fourth-order valence-electron chi connectivity index (χ4n) is 2.03. The van der Waals surface area contributed by atoms with Gasteiger partial charge in [0.15, 0.2) is 11.7 Å². The summed E-state index contributed by atoms with van der Waals surface area (Å²) in [5.41, 5.74) is 5.18. The smallest absolute Gasteiger partial charge is 0.284 e. The maximum Gasteiger partial charge on any atom is 0.284 e. The van der Waals surface area contributed by atoms with E-state index < -0.39 is 5.91 Å². The molecule has 1 aromatic rings. The molecule has 1 atom stereocenters. The van der Waals surface area contributed by atoms with E-state index in [0.717, 1.165) is 6.54 Å². The van der Waals surface area contributed by atoms with Gasteiger partial charge in [-0.15, -0.1) is 24.0 Å². The van der Waals surface area contributed by atoms with Crippen molar-refractivity contribution in [1.82, 2.24) is 10.6 Å². The average molecular weight is 452 g/mol. The Bertz CT molecular complexity index is 538. The summed E-state index contributed by atoms with van der Waals surface area (Å²) in [6.45, 7) is 10.1. The molecular formula is C16H29IN4O3. The highest BCUT2D eigenvalue weighted by atomic mass is 127. The molecule has 0 aliphatic carbocycles. The van der Waals surface area contributed by atoms with Crippen molar-refractivity contribution in [3.05, 3.63) is 23.7 Å². The number of primary amides is 1. The molecule has 0 saturated carbocycles. The number of furan rings is 1. The van der Waals surface area contributed by atoms with E-state index in [-0.39, 0.29) is 41.3 Å². The molecule has 1 rings (SSSR count). The molecule has 0 saturated heterocycles. The van der Waals surface area contributed by atoms with Gasteiger partial charge in [-0.25, -0.2) is 4.99 Å². The summed E-state index contributed by atoms with van der Waals surface area (Å²) in [6.07, 6.45) is 0.0523. The molecule has 0 bridgehead atoms. The van der Waals surface area contributed by atoms with Crippen LogP contribution in [0.3, 0.4) is 0 Å². The van der Waals surface area contributed by atoms with Crippen LogP contribution in [-0.2, 0) is 11.3 Å². The molecule has 0 aliphatic heterocycles. The molecule has 0 fully saturated rings. The summed E-state index contributed by atoms with van der Waals surface area (Å²) >= 11 is 0. The number of carbonyl (C=O) groups is 1. The van der Waals surface area contributed by atoms with Gasteiger partial charge in [0.2, 0.25) is 0 Å². The van der Waals surface area contributed by atoms with E-state index >= 15 is 0 Å². The number of rotatable bonds is 7. The molecule has 1 heterocycles. The molecule has 8 heteroatoms. The van der Waals surface area contributed by atoms with Crippen molar-refractivity contribution in [2.24, 2.45) is 16.1 Å². The van der Waals surface area contributed by atoms with Gasteiger partial charge in [0.25, 0.3) is 5.91 Å². The zero-order chi connectivity index (χ0) is 17.5. The van der Waals surface area contributed by atoms with E-state index in [1.807, 2.05) is 6.92 Å². The SMILES string of the molecule is CCNC(=NCc1ccc(C(N)=O)o1)NCC(OC)C(C)(C)C.I. The quantitative estimate of drug-likeness (QED) is 0.334. The van der Waals surface area contributed by atoms with Gasteiger partial charge in [-0.3, -0.25) is 4.79 Å². The Labute approximate surface area is 160 Å². The predicted octanol–water partition coefficient (Wildman–Crippen LogP) is 2.11. The van der Waals surface area contributed by atoms with E-state index in [1.54, 1.807) is 19.2 Å². The summed E-state index contributed by atoms with van der Waals surface area (Å²) < 4.78 is 10.8. The lowest BCUT2D eigenvalue weighted by atomic mass is 9.89. The first-order chi connectivity index (χ1) is 10.8. The fourth-order valence-corrected chi connectivity index (χ4v) is 2.03. The molecule has 0 radical (unpaired) electrons. The van der Waals surface area contributed by atoms with Crippen molar-refractivity contribution < 1.29 is 13.9 Å². The Hall–Kier alpha value is -1.29. The average Bonchev–Trinajstić information content (AvgIpc) is 2.93. The second kappa shape index (κ2) is 10.5. The van der Waals surface area contributed by atoms with Crippen LogP contribution < -0.4 is 16.4 Å². The van der Waals surface area contributed by atoms with Crippen LogP contribution in [0.15, 0.2) is 21.5 Å². The van der Waals surface area contributed by atoms with Crippen molar-refractivity contribution >= 4 is 35.8 Å². The van der Waals surface area contributed by atoms with Gasteiger partial charge in [-0.2, -0.15) is 0 Å². The van der Waals surface area contributed by atoms with Crippen LogP contribution in [0.25, 0.3) is 0 Å². The van der Waals surface area contributed by atoms with Crippen LogP contribution in [0.5, 0.6) is 0 Å². The molecule has 138 valence electrons. The monoisotopic (exact) mass is 452 g/mol. The van der Waals surface area contributed by atoms with Gasteiger partial charge in [0.05, 0.1) is 6.10 Å². The minimum absolute atomic E-state index is 0. The molecule has 1 amide bonds. The number of halogens is 1. The van der Waals surface area contributed by atoms with E-state index in [9.17, 15) is 4.79 Å². The number of hydrogen-bond donors (Lipinski definition) is 3. The lowest BCUT2D eigenvalue weighted by Crippen LogP contribution is -2.45. The van der Waals surface area contributed by atoms with Crippen molar-refractivity contribution in [2.45, 2.75) is 40.3 Å². The van der Waals surface area contributed by atoms with Gasteiger partial charge >= 0.3 is 0 Å². The summed E-state index contributed by atoms with van der Waals surface area (Å²) in [6, 6.07) is 3.24. The van der Waals surface area contributed by atoms with E-state index in [1.165, 1.54) is 0 Å². The van der Waals surface area contributed by atoms with Crippen molar-refractivity contribution in [2.75, 3.05) is 20.2 Å². The predicted molar refractivity (Wildman–Crippen MR) is 106 cm³/mol. The van der Waals surface area contributed by atoms with Crippen molar-refractivity contribution in [1.29, 1.82) is 0 Å². The molecule has 0 aromatic carbocycles. The summed E-state index contributed by atoms with van der Waals surface area (Å²) in [5.74, 6) is 0.796. The molecule has 7 nitrogen and oxygen atoms in total. The highest BCUT2D eigenvalue weighted by Gasteiger charge is 2.24. The fraction of sp³-hybridized carbons (Fsp3) is 0.625. The normalized spacial score (nSPS) is 13.1. The number of guanidine groups is 1. The Kier molecular flexibility index (Phi) is 9.98. The second-order valence-corrected chi connectivity index (χ2v) is 6.30. The molecule has 24 heavy (non-hydrogen) atoms. The number of methoxy groups -OCH3 is 1. The number of hydrogen-bond acceptors (Lipinski definition) is 4. The van der Waals surface area contributed by atoms with Gasteiger partial charge in [0.1, 0.15) is 12.3 Å². The highest BCUT2D eigenvalue weighted by molar-refractivity contribution is 14.0. The van der Waals surface area contributed by atoms with Gasteiger partial charge in [0, 0.05) is 20.2 Å². The van der Waals surface area contributed by atoms with Gasteiger partial charge in [-0.05, 0) is 24.5 Å². The number of ether oxygens (including phenoxy) is 1. The van der Waals surface area contributed by atoms with Gasteiger partial charge in [-0.1, -0.05) is 20.8 Å². The lowest BCUT2D eigenvalue weighted by Gasteiger charge is -2.30. The van der Waals surface area contributed by atoms with Crippen LogP contribution >= 0.6 is 24.0 Å². The number of carbonyl (C=O) groups excluding carboxylic acids is 1. The summed E-state index contributed by atoms with van der Waals surface area (Å²) in [7, 11) is 1.70. The molecule has 0 aliphatic rings. The maximum atomic E-state index is 11.0. The number of aliphatic imine (C=N–C) groups is 1. The van der Waals surface area contributed by atoms with E-state index in [4.69, 9.17) is 14.9 Å². The standard InChI is InChI=1S/C16H28N4O3.HI/c1-6-18-15(20-10-13(22-5)16(2,3)4)19-9-11-7-8-12(23-11)14(17)21;/h7-8,13H,6,9-10H2,1-5H3,(H2,17,21)(H2,18,19,20);1H. The first kappa shape index (κ1) is 22.7. The van der Waals surface area contributed by atoms with Crippen LogP contribution in [0.2, 0.25) is 0 Å². The Balaban J connectivity index is 0.00000529. The summed E-state index contributed by atoms with van der Waals surface area (Å²) in [5, 5.41) is 6.42. The molecule has 1 aromatic heterocycles. The first-order valence-corrected chi connectivity index (χ1v) is 7.71. The third-order valence-electron chi connectivity index (χ3n) is 3.35. The number of nitrogens with one attached hydrogen (secondary N) is 2. The Morgan fingerprint density at radius 3 is 2.50 bits per heavy atom. The van der Waals surface area contributed by atoms with E-state index in [0.29, 0.717) is 24.8 Å². The van der Waals surface area contributed by atoms with Crippen LogP contribution in [0, 0.1) is 5.41 Å². The molecule has 0 spiro atoms. The Morgan fingerprint density at radius 1 is 1.38 bits per heavy atom. The van der Waals surface area contributed by atoms with Crippen LogP contribution in [-0.4, -0.2) is 38.2 Å². The minimum atomic E-state index is -0.585. The third kappa shape index (κ3) is 7.52. The zero-order valence-electron chi connectivity index (χ0n) is 15.0. The minimum Gasteiger partial charge on any atom is -0.454 e. The summed E-state index contributed by atoms with van der Waals surface area (Å²) in [4.78, 5) is 15.5. The van der Waals surface area contributed by atoms with E-state index in [2.05, 4.69) is 36.4 Å². The number of amides is 1. The third-order valence-corrected chi connectivity index (χ3v) is 3.35. The van der Waals surface area contributed by atoms with Crippen molar-refractivity contribution in [3.63, 3.8) is 0 Å². The number of nitrogens with zero attached hydrogens (tertiary/aromatic N) is 1. The first-order valence-electron chi connectivity index (χ1n) is 7.71. The highest BCUT2D eigenvalue weighted by Crippen LogP contribution is 2.20. The molecule has 1 unspecified atom stereocenters.